The number of amides is 1. The standard InChI is InChI=1S/C22H27ClN4O2S/c1-3-14-29-18-7-4-16(5-8-18)21(28)25-22(30)24-17-6-9-20(19(23)15-17)27-12-10-26(2)11-13-27/h4-9,15H,3,10-14H2,1-2H3,(H2,24,25,28,30). The van der Waals surface area contributed by atoms with Crippen LogP contribution in [0.5, 0.6) is 5.75 Å². The van der Waals surface area contributed by atoms with Crippen molar-refractivity contribution >= 4 is 46.2 Å². The van der Waals surface area contributed by atoms with Gasteiger partial charge < -0.3 is 19.9 Å². The Morgan fingerprint density at radius 3 is 2.47 bits per heavy atom. The second kappa shape index (κ2) is 10.6. The second-order valence-corrected chi connectivity index (χ2v) is 8.05. The van der Waals surface area contributed by atoms with E-state index in [0.717, 1.165) is 49.7 Å². The predicted octanol–water partition coefficient (Wildman–Crippen LogP) is 4.01. The fourth-order valence-electron chi connectivity index (χ4n) is 3.15. The van der Waals surface area contributed by atoms with E-state index in [-0.39, 0.29) is 11.0 Å². The number of rotatable bonds is 6. The number of anilines is 2. The van der Waals surface area contributed by atoms with Crippen LogP contribution in [0, 0.1) is 0 Å². The highest BCUT2D eigenvalue weighted by Gasteiger charge is 2.17. The third-order valence-corrected chi connectivity index (χ3v) is 5.37. The highest BCUT2D eigenvalue weighted by Crippen LogP contribution is 2.29. The summed E-state index contributed by atoms with van der Waals surface area (Å²) in [7, 11) is 2.12. The normalized spacial score (nSPS) is 14.3. The number of nitrogens with zero attached hydrogens (tertiary/aromatic N) is 2. The van der Waals surface area contributed by atoms with Gasteiger partial charge in [0, 0.05) is 37.4 Å². The monoisotopic (exact) mass is 446 g/mol. The molecule has 1 amide bonds. The maximum Gasteiger partial charge on any atom is 0.257 e. The smallest absolute Gasteiger partial charge is 0.257 e. The quantitative estimate of drug-likeness (QED) is 0.654. The van der Waals surface area contributed by atoms with Crippen LogP contribution in [0.3, 0.4) is 0 Å². The summed E-state index contributed by atoms with van der Waals surface area (Å²) in [6.07, 6.45) is 0.933. The minimum Gasteiger partial charge on any atom is -0.494 e. The van der Waals surface area contributed by atoms with Gasteiger partial charge in [-0.15, -0.1) is 0 Å². The SMILES string of the molecule is CCCOc1ccc(C(=O)NC(=S)Nc2ccc(N3CCN(C)CC3)c(Cl)c2)cc1. The molecule has 0 bridgehead atoms. The van der Waals surface area contributed by atoms with Crippen LogP contribution in [0.2, 0.25) is 5.02 Å². The maximum atomic E-state index is 12.4. The molecular weight excluding hydrogens is 420 g/mol. The summed E-state index contributed by atoms with van der Waals surface area (Å²) >= 11 is 11.8. The molecule has 1 aliphatic heterocycles. The second-order valence-electron chi connectivity index (χ2n) is 7.24. The van der Waals surface area contributed by atoms with Gasteiger partial charge in [0.15, 0.2) is 5.11 Å². The van der Waals surface area contributed by atoms with Gasteiger partial charge in [-0.05, 0) is 68.2 Å². The lowest BCUT2D eigenvalue weighted by atomic mass is 10.2. The van der Waals surface area contributed by atoms with E-state index in [1.54, 1.807) is 24.3 Å². The van der Waals surface area contributed by atoms with Crippen LogP contribution in [0.4, 0.5) is 11.4 Å². The summed E-state index contributed by atoms with van der Waals surface area (Å²) in [5.41, 5.74) is 2.24. The Bertz CT molecular complexity index is 883. The minimum absolute atomic E-state index is 0.217. The highest BCUT2D eigenvalue weighted by molar-refractivity contribution is 7.80. The number of thiocarbonyl (C=S) groups is 1. The van der Waals surface area contributed by atoms with E-state index in [1.807, 2.05) is 25.1 Å². The topological polar surface area (TPSA) is 56.8 Å². The summed E-state index contributed by atoms with van der Waals surface area (Å²) in [6, 6.07) is 12.7. The number of hydrogen-bond acceptors (Lipinski definition) is 5. The number of piperazine rings is 1. The van der Waals surface area contributed by atoms with Crippen LogP contribution >= 0.6 is 23.8 Å². The predicted molar refractivity (Wildman–Crippen MR) is 127 cm³/mol. The molecule has 0 radical (unpaired) electrons. The van der Waals surface area contributed by atoms with Crippen LogP contribution in [-0.2, 0) is 0 Å². The number of hydrogen-bond donors (Lipinski definition) is 2. The van der Waals surface area contributed by atoms with Crippen molar-refractivity contribution in [3.05, 3.63) is 53.1 Å². The first-order valence-electron chi connectivity index (χ1n) is 10.0. The molecule has 1 heterocycles. The third kappa shape index (κ3) is 6.08. The van der Waals surface area contributed by atoms with Gasteiger partial charge in [0.05, 0.1) is 17.3 Å². The molecule has 160 valence electrons. The molecule has 3 rings (SSSR count). The molecule has 0 unspecified atom stereocenters. The molecule has 1 aliphatic rings. The number of nitrogens with one attached hydrogen (secondary N) is 2. The van der Waals surface area contributed by atoms with Gasteiger partial charge in [-0.1, -0.05) is 18.5 Å². The minimum atomic E-state index is -0.283. The van der Waals surface area contributed by atoms with Gasteiger partial charge in [0.25, 0.3) is 5.91 Å². The van der Waals surface area contributed by atoms with E-state index in [9.17, 15) is 4.79 Å². The number of ether oxygens (including phenoxy) is 1. The number of likely N-dealkylation sites (N-methyl/N-ethyl adjacent to an activating group) is 1. The Morgan fingerprint density at radius 1 is 1.13 bits per heavy atom. The number of carbonyl (C=O) groups is 1. The summed E-state index contributed by atoms with van der Waals surface area (Å²) in [5.74, 6) is 0.457. The Labute approximate surface area is 188 Å². The molecule has 2 aromatic rings. The van der Waals surface area contributed by atoms with Crippen molar-refractivity contribution < 1.29 is 9.53 Å². The Balaban J connectivity index is 1.55. The first kappa shape index (κ1) is 22.3. The zero-order valence-corrected chi connectivity index (χ0v) is 18.9. The Hall–Kier alpha value is -2.35. The average Bonchev–Trinajstić information content (AvgIpc) is 2.73. The first-order valence-corrected chi connectivity index (χ1v) is 10.8. The molecule has 0 aromatic heterocycles. The van der Waals surface area contributed by atoms with Crippen molar-refractivity contribution in [1.29, 1.82) is 0 Å². The maximum absolute atomic E-state index is 12.4. The average molecular weight is 447 g/mol. The molecule has 0 aliphatic carbocycles. The zero-order chi connectivity index (χ0) is 21.5. The zero-order valence-electron chi connectivity index (χ0n) is 17.3. The van der Waals surface area contributed by atoms with Crippen molar-refractivity contribution in [3.63, 3.8) is 0 Å². The fourth-order valence-corrected chi connectivity index (χ4v) is 3.66. The highest BCUT2D eigenvalue weighted by atomic mass is 35.5. The first-order chi connectivity index (χ1) is 14.5. The molecule has 30 heavy (non-hydrogen) atoms. The molecule has 0 atom stereocenters. The van der Waals surface area contributed by atoms with E-state index in [4.69, 9.17) is 28.6 Å². The van der Waals surface area contributed by atoms with Crippen LogP contribution in [0.15, 0.2) is 42.5 Å². The summed E-state index contributed by atoms with van der Waals surface area (Å²) in [5, 5.41) is 6.59. The van der Waals surface area contributed by atoms with Gasteiger partial charge in [-0.3, -0.25) is 10.1 Å². The van der Waals surface area contributed by atoms with Gasteiger partial charge in [-0.2, -0.15) is 0 Å². The van der Waals surface area contributed by atoms with Gasteiger partial charge in [0.1, 0.15) is 5.75 Å². The van der Waals surface area contributed by atoms with Crippen molar-refractivity contribution in [2.75, 3.05) is 50.1 Å². The summed E-state index contributed by atoms with van der Waals surface area (Å²) in [6.45, 7) is 6.61. The molecule has 1 saturated heterocycles. The van der Waals surface area contributed by atoms with Crippen molar-refractivity contribution in [2.45, 2.75) is 13.3 Å². The van der Waals surface area contributed by atoms with Crippen molar-refractivity contribution in [2.24, 2.45) is 0 Å². The number of halogens is 1. The van der Waals surface area contributed by atoms with Gasteiger partial charge in [-0.25, -0.2) is 0 Å². The molecule has 0 spiro atoms. The lowest BCUT2D eigenvalue weighted by molar-refractivity contribution is 0.0977. The van der Waals surface area contributed by atoms with Crippen molar-refractivity contribution in [1.82, 2.24) is 10.2 Å². The third-order valence-electron chi connectivity index (χ3n) is 4.87. The molecule has 2 aromatic carbocycles. The summed E-state index contributed by atoms with van der Waals surface area (Å²) < 4.78 is 5.53. The van der Waals surface area contributed by atoms with E-state index in [1.165, 1.54) is 0 Å². The number of carbonyl (C=O) groups excluding carboxylic acids is 1. The fraction of sp³-hybridized carbons (Fsp3) is 0.364. The van der Waals surface area contributed by atoms with E-state index in [2.05, 4.69) is 27.5 Å². The molecule has 0 saturated carbocycles. The van der Waals surface area contributed by atoms with Crippen LogP contribution < -0.4 is 20.3 Å². The molecule has 2 N–H and O–H groups in total. The molecular formula is C22H27ClN4O2S. The largest absolute Gasteiger partial charge is 0.494 e. The Kier molecular flexibility index (Phi) is 7.90. The van der Waals surface area contributed by atoms with E-state index in [0.29, 0.717) is 17.2 Å². The summed E-state index contributed by atoms with van der Waals surface area (Å²) in [4.78, 5) is 17.0. The van der Waals surface area contributed by atoms with Crippen molar-refractivity contribution in [3.8, 4) is 5.75 Å². The lowest BCUT2D eigenvalue weighted by Gasteiger charge is -2.34. The van der Waals surface area contributed by atoms with E-state index < -0.39 is 0 Å². The van der Waals surface area contributed by atoms with Crippen LogP contribution in [0.1, 0.15) is 23.7 Å². The molecule has 6 nitrogen and oxygen atoms in total. The molecule has 8 heteroatoms. The van der Waals surface area contributed by atoms with Crippen LogP contribution in [0.25, 0.3) is 0 Å². The van der Waals surface area contributed by atoms with E-state index >= 15 is 0 Å². The number of benzene rings is 2. The Morgan fingerprint density at radius 2 is 1.83 bits per heavy atom. The molecule has 1 fully saturated rings. The lowest BCUT2D eigenvalue weighted by Crippen LogP contribution is -2.44. The van der Waals surface area contributed by atoms with Gasteiger partial charge in [0.2, 0.25) is 0 Å². The van der Waals surface area contributed by atoms with Crippen LogP contribution in [-0.4, -0.2) is 55.8 Å². The van der Waals surface area contributed by atoms with Gasteiger partial charge >= 0.3 is 0 Å².